The molecule has 3 fully saturated rings. The minimum atomic E-state index is -0.962. The third-order valence-corrected chi connectivity index (χ3v) is 5.00. The molecular weight excluding hydrogens is 362 g/mol. The first kappa shape index (κ1) is 19.9. The lowest BCUT2D eigenvalue weighted by molar-refractivity contribution is -0.205. The summed E-state index contributed by atoms with van der Waals surface area (Å²) < 4.78 is 29.9. The van der Waals surface area contributed by atoms with Crippen molar-refractivity contribution in [3.8, 4) is 0 Å². The molecule has 9 heteroatoms. The quantitative estimate of drug-likeness (QED) is 0.673. The monoisotopic (exact) mass is 389 g/mol. The van der Waals surface area contributed by atoms with Crippen molar-refractivity contribution >= 4 is 23.2 Å². The summed E-state index contributed by atoms with van der Waals surface area (Å²) in [5.41, 5.74) is 0. The van der Waals surface area contributed by atoms with E-state index in [0.717, 1.165) is 0 Å². The second-order valence-corrected chi connectivity index (χ2v) is 8.40. The molecule has 0 aromatic rings. The first-order chi connectivity index (χ1) is 12.0. The topological polar surface area (TPSA) is 95.5 Å². The fourth-order valence-corrected chi connectivity index (χ4v) is 3.94. The standard InChI is InChI=1S/C17H27NO7S/c1-8(15(19)20)18-11(26)6-9-13-14(25-17(4,5)24-13)12(22-9)10-7-21-16(2,3)23-10/h8-10,12-14H,6-7H2,1-5H3,(H,18,26)(H,19,20)/t8?,9-,10?,12+,13+,14-/m0/s1. The van der Waals surface area contributed by atoms with Gasteiger partial charge in [-0.3, -0.25) is 4.79 Å². The van der Waals surface area contributed by atoms with Crippen LogP contribution < -0.4 is 5.32 Å². The minimum Gasteiger partial charge on any atom is -0.480 e. The van der Waals surface area contributed by atoms with Crippen molar-refractivity contribution in [3.05, 3.63) is 0 Å². The van der Waals surface area contributed by atoms with E-state index in [4.69, 9.17) is 41.0 Å². The summed E-state index contributed by atoms with van der Waals surface area (Å²) in [6.07, 6.45) is -1.20. The van der Waals surface area contributed by atoms with Crippen LogP contribution in [0.2, 0.25) is 0 Å². The molecule has 0 spiro atoms. The van der Waals surface area contributed by atoms with Crippen LogP contribution in [0.3, 0.4) is 0 Å². The summed E-state index contributed by atoms with van der Waals surface area (Å²) in [5.74, 6) is -2.35. The molecule has 2 unspecified atom stereocenters. The molecule has 3 aliphatic heterocycles. The highest BCUT2D eigenvalue weighted by molar-refractivity contribution is 7.80. The van der Waals surface area contributed by atoms with Crippen LogP contribution in [0, 0.1) is 0 Å². The van der Waals surface area contributed by atoms with E-state index in [1.165, 1.54) is 0 Å². The summed E-state index contributed by atoms with van der Waals surface area (Å²) in [4.78, 5) is 11.4. The van der Waals surface area contributed by atoms with Gasteiger partial charge < -0.3 is 34.1 Å². The van der Waals surface area contributed by atoms with Crippen LogP contribution in [0.1, 0.15) is 41.0 Å². The van der Waals surface area contributed by atoms with Crippen molar-refractivity contribution in [1.29, 1.82) is 0 Å². The Bertz CT molecular complexity index is 581. The highest BCUT2D eigenvalue weighted by Gasteiger charge is 2.58. The normalized spacial score (nSPS) is 38.7. The summed E-state index contributed by atoms with van der Waals surface area (Å²) in [7, 11) is 0. The summed E-state index contributed by atoms with van der Waals surface area (Å²) in [6, 6.07) is -0.764. The van der Waals surface area contributed by atoms with E-state index >= 15 is 0 Å². The number of fused-ring (bicyclic) bond motifs is 1. The smallest absolute Gasteiger partial charge is 0.325 e. The number of hydrogen-bond acceptors (Lipinski definition) is 7. The highest BCUT2D eigenvalue weighted by Crippen LogP contribution is 2.43. The predicted octanol–water partition coefficient (Wildman–Crippen LogP) is 1.21. The fraction of sp³-hybridized carbons (Fsp3) is 0.882. The van der Waals surface area contributed by atoms with Gasteiger partial charge in [-0.15, -0.1) is 0 Å². The van der Waals surface area contributed by atoms with Crippen LogP contribution in [-0.4, -0.2) is 70.8 Å². The maximum atomic E-state index is 11.0. The van der Waals surface area contributed by atoms with Crippen molar-refractivity contribution in [2.75, 3.05) is 6.61 Å². The van der Waals surface area contributed by atoms with Crippen LogP contribution >= 0.6 is 12.2 Å². The zero-order valence-electron chi connectivity index (χ0n) is 15.7. The maximum absolute atomic E-state index is 11.0. The molecule has 3 rings (SSSR count). The number of carboxylic acids is 1. The maximum Gasteiger partial charge on any atom is 0.325 e. The molecule has 0 radical (unpaired) electrons. The van der Waals surface area contributed by atoms with Crippen molar-refractivity contribution in [3.63, 3.8) is 0 Å². The number of carbonyl (C=O) groups is 1. The van der Waals surface area contributed by atoms with E-state index in [0.29, 0.717) is 18.0 Å². The molecule has 3 heterocycles. The molecule has 3 saturated heterocycles. The van der Waals surface area contributed by atoms with Gasteiger partial charge in [0.1, 0.15) is 30.5 Å². The first-order valence-corrected chi connectivity index (χ1v) is 9.23. The van der Waals surface area contributed by atoms with Gasteiger partial charge in [0.25, 0.3) is 0 Å². The van der Waals surface area contributed by atoms with E-state index in [-0.39, 0.29) is 30.5 Å². The Labute approximate surface area is 158 Å². The number of nitrogens with one attached hydrogen (secondary N) is 1. The van der Waals surface area contributed by atoms with Gasteiger partial charge in [0.2, 0.25) is 0 Å². The second kappa shape index (κ2) is 6.96. The van der Waals surface area contributed by atoms with E-state index in [1.807, 2.05) is 27.7 Å². The molecule has 148 valence electrons. The molecule has 6 atom stereocenters. The SMILES string of the molecule is CC(NC(=S)C[C@@H]1O[C@H](C2COC(C)(C)O2)[C@@H]2OC(C)(C)O[C@@H]21)C(=O)O. The van der Waals surface area contributed by atoms with Gasteiger partial charge in [0.05, 0.1) is 17.7 Å². The molecule has 0 aliphatic carbocycles. The fourth-order valence-electron chi connectivity index (χ4n) is 3.60. The molecule has 0 amide bonds. The van der Waals surface area contributed by atoms with Gasteiger partial charge in [0, 0.05) is 6.42 Å². The Morgan fingerprint density at radius 3 is 2.38 bits per heavy atom. The average Bonchev–Trinajstić information content (AvgIpc) is 3.10. The summed E-state index contributed by atoms with van der Waals surface area (Å²) >= 11 is 5.31. The molecule has 0 aromatic heterocycles. The van der Waals surface area contributed by atoms with Crippen molar-refractivity contribution in [2.24, 2.45) is 0 Å². The Morgan fingerprint density at radius 1 is 1.15 bits per heavy atom. The van der Waals surface area contributed by atoms with Crippen LogP contribution in [-0.2, 0) is 28.5 Å². The molecule has 0 saturated carbocycles. The van der Waals surface area contributed by atoms with Crippen LogP contribution in [0.15, 0.2) is 0 Å². The van der Waals surface area contributed by atoms with Crippen molar-refractivity contribution < 1.29 is 33.6 Å². The van der Waals surface area contributed by atoms with Gasteiger partial charge in [-0.05, 0) is 34.6 Å². The van der Waals surface area contributed by atoms with Gasteiger partial charge in [-0.25, -0.2) is 0 Å². The van der Waals surface area contributed by atoms with Gasteiger partial charge in [-0.1, -0.05) is 12.2 Å². The largest absolute Gasteiger partial charge is 0.480 e. The van der Waals surface area contributed by atoms with E-state index < -0.39 is 23.6 Å². The van der Waals surface area contributed by atoms with E-state index in [2.05, 4.69) is 5.32 Å². The van der Waals surface area contributed by atoms with E-state index in [1.54, 1.807) is 6.92 Å². The zero-order valence-corrected chi connectivity index (χ0v) is 16.5. The Kier molecular flexibility index (Phi) is 5.33. The molecule has 26 heavy (non-hydrogen) atoms. The van der Waals surface area contributed by atoms with Crippen LogP contribution in [0.25, 0.3) is 0 Å². The molecule has 8 nitrogen and oxygen atoms in total. The lowest BCUT2D eigenvalue weighted by Gasteiger charge is -2.27. The summed E-state index contributed by atoms with van der Waals surface area (Å²) in [5, 5.41) is 11.8. The number of rotatable bonds is 5. The molecule has 0 bridgehead atoms. The molecule has 3 aliphatic rings. The number of aliphatic carboxylic acids is 1. The lowest BCUT2D eigenvalue weighted by atomic mass is 10.0. The third kappa shape index (κ3) is 4.18. The van der Waals surface area contributed by atoms with Crippen molar-refractivity contribution in [2.45, 2.75) is 89.2 Å². The molecular formula is C17H27NO7S. The minimum absolute atomic E-state index is 0.264. The van der Waals surface area contributed by atoms with E-state index in [9.17, 15) is 4.79 Å². The molecule has 0 aromatic carbocycles. The zero-order chi connectivity index (χ0) is 19.3. The lowest BCUT2D eigenvalue weighted by Crippen LogP contribution is -2.41. The van der Waals surface area contributed by atoms with Crippen LogP contribution in [0.4, 0.5) is 0 Å². The Morgan fingerprint density at radius 2 is 1.81 bits per heavy atom. The first-order valence-electron chi connectivity index (χ1n) is 8.82. The van der Waals surface area contributed by atoms with Gasteiger partial charge in [0.15, 0.2) is 11.6 Å². The predicted molar refractivity (Wildman–Crippen MR) is 94.8 cm³/mol. The van der Waals surface area contributed by atoms with Crippen molar-refractivity contribution in [1.82, 2.24) is 5.32 Å². The molecule has 2 N–H and O–H groups in total. The van der Waals surface area contributed by atoms with Crippen LogP contribution in [0.5, 0.6) is 0 Å². The average molecular weight is 389 g/mol. The Hall–Kier alpha value is -0.840. The second-order valence-electron chi connectivity index (χ2n) is 7.90. The Balaban J connectivity index is 1.69. The summed E-state index contributed by atoms with van der Waals surface area (Å²) in [6.45, 7) is 9.39. The third-order valence-electron chi connectivity index (χ3n) is 4.72. The number of ether oxygens (including phenoxy) is 5. The number of thiocarbonyl (C=S) groups is 1. The number of hydrogen-bond donors (Lipinski definition) is 2. The number of carboxylic acid groups (broad SMARTS) is 1. The highest BCUT2D eigenvalue weighted by atomic mass is 32.1. The van der Waals surface area contributed by atoms with Gasteiger partial charge in [-0.2, -0.15) is 0 Å². The van der Waals surface area contributed by atoms with Gasteiger partial charge >= 0.3 is 5.97 Å².